The minimum atomic E-state index is -0.440. The fraction of sp³-hybridized carbons (Fsp3) is 0.750. The lowest BCUT2D eigenvalue weighted by Gasteiger charge is -2.16. The Morgan fingerprint density at radius 2 is 1.82 bits per heavy atom. The lowest BCUT2D eigenvalue weighted by Crippen LogP contribution is -2.33. The van der Waals surface area contributed by atoms with Crippen LogP contribution >= 0.6 is 0 Å². The van der Waals surface area contributed by atoms with Crippen LogP contribution in [-0.4, -0.2) is 30.7 Å². The molecule has 0 bridgehead atoms. The van der Waals surface area contributed by atoms with Crippen LogP contribution in [0.3, 0.4) is 0 Å². The summed E-state index contributed by atoms with van der Waals surface area (Å²) in [5.74, 6) is -0.587. The van der Waals surface area contributed by atoms with E-state index in [4.69, 9.17) is 0 Å². The molecule has 0 aliphatic rings. The van der Waals surface area contributed by atoms with Gasteiger partial charge in [-0.3, -0.25) is 9.59 Å². The van der Waals surface area contributed by atoms with Gasteiger partial charge >= 0.3 is 0 Å². The van der Waals surface area contributed by atoms with Crippen LogP contribution in [0.5, 0.6) is 0 Å². The normalized spacial score (nSPS) is 12.4. The van der Waals surface area contributed by atoms with E-state index in [1.807, 2.05) is 6.92 Å². The maximum absolute atomic E-state index is 11.2. The molecule has 1 atom stereocenters. The topological polar surface area (TPSA) is 37.4 Å². The van der Waals surface area contributed by atoms with Crippen molar-refractivity contribution in [3.63, 3.8) is 0 Å². The highest BCUT2D eigenvalue weighted by molar-refractivity contribution is 5.99. The molecule has 0 spiro atoms. The van der Waals surface area contributed by atoms with Crippen LogP contribution in [0.15, 0.2) is 0 Å². The molecule has 64 valence electrons. The molecule has 0 aromatic carbocycles. The van der Waals surface area contributed by atoms with E-state index < -0.39 is 5.92 Å². The van der Waals surface area contributed by atoms with Crippen LogP contribution in [0.2, 0.25) is 0 Å². The zero-order valence-electron chi connectivity index (χ0n) is 7.55. The fourth-order valence-electron chi connectivity index (χ4n) is 0.948. The third-order valence-corrected chi connectivity index (χ3v) is 1.64. The number of nitrogens with zero attached hydrogens (tertiary/aromatic N) is 1. The minimum absolute atomic E-state index is 0.0498. The maximum Gasteiger partial charge on any atom is 0.232 e. The average molecular weight is 157 g/mol. The first-order valence-corrected chi connectivity index (χ1v) is 3.72. The third-order valence-electron chi connectivity index (χ3n) is 1.64. The molecule has 3 nitrogen and oxygen atoms in total. The molecule has 0 saturated heterocycles. The van der Waals surface area contributed by atoms with Crippen molar-refractivity contribution in [1.29, 1.82) is 0 Å². The van der Waals surface area contributed by atoms with E-state index in [0.29, 0.717) is 6.42 Å². The van der Waals surface area contributed by atoms with Gasteiger partial charge in [0.25, 0.3) is 0 Å². The van der Waals surface area contributed by atoms with Crippen molar-refractivity contribution in [3.05, 3.63) is 0 Å². The maximum atomic E-state index is 11.2. The average Bonchev–Trinajstić information content (AvgIpc) is 1.88. The van der Waals surface area contributed by atoms with Gasteiger partial charge in [0.05, 0.1) is 5.92 Å². The summed E-state index contributed by atoms with van der Waals surface area (Å²) in [6, 6.07) is 0. The highest BCUT2D eigenvalue weighted by Crippen LogP contribution is 2.06. The van der Waals surface area contributed by atoms with Crippen molar-refractivity contribution in [3.8, 4) is 0 Å². The Morgan fingerprint density at radius 3 is 1.91 bits per heavy atom. The van der Waals surface area contributed by atoms with Crippen molar-refractivity contribution in [2.24, 2.45) is 5.92 Å². The highest BCUT2D eigenvalue weighted by Gasteiger charge is 2.21. The number of carbonyl (C=O) groups excluding carboxylic acids is 2. The van der Waals surface area contributed by atoms with E-state index in [0.717, 1.165) is 0 Å². The molecule has 0 N–H and O–H groups in total. The zero-order chi connectivity index (χ0) is 9.02. The van der Waals surface area contributed by atoms with Crippen LogP contribution in [0.25, 0.3) is 0 Å². The lowest BCUT2D eigenvalue weighted by molar-refractivity contribution is -0.138. The molecular weight excluding hydrogens is 142 g/mol. The van der Waals surface area contributed by atoms with Gasteiger partial charge in [-0.25, -0.2) is 0 Å². The van der Waals surface area contributed by atoms with Crippen LogP contribution in [0.1, 0.15) is 20.3 Å². The Balaban J connectivity index is 4.27. The van der Waals surface area contributed by atoms with Crippen LogP contribution in [0.4, 0.5) is 0 Å². The van der Waals surface area contributed by atoms with Gasteiger partial charge in [-0.05, 0) is 13.3 Å². The van der Waals surface area contributed by atoms with Crippen LogP contribution in [-0.2, 0) is 9.59 Å². The van der Waals surface area contributed by atoms with Crippen molar-refractivity contribution in [1.82, 2.24) is 4.90 Å². The van der Waals surface area contributed by atoms with Gasteiger partial charge in [0.2, 0.25) is 5.91 Å². The van der Waals surface area contributed by atoms with Crippen LogP contribution in [0, 0.1) is 5.92 Å². The van der Waals surface area contributed by atoms with Crippen molar-refractivity contribution >= 4 is 11.7 Å². The van der Waals surface area contributed by atoms with Crippen molar-refractivity contribution < 1.29 is 9.59 Å². The molecule has 0 rings (SSSR count). The van der Waals surface area contributed by atoms with Crippen molar-refractivity contribution in [2.45, 2.75) is 20.3 Å². The summed E-state index contributed by atoms with van der Waals surface area (Å²) < 4.78 is 0. The fourth-order valence-corrected chi connectivity index (χ4v) is 0.948. The molecule has 0 radical (unpaired) electrons. The number of carbonyl (C=O) groups is 2. The van der Waals surface area contributed by atoms with E-state index in [1.54, 1.807) is 14.1 Å². The molecule has 0 aliphatic carbocycles. The lowest BCUT2D eigenvalue weighted by atomic mass is 10.0. The monoisotopic (exact) mass is 157 g/mol. The Bertz CT molecular complexity index is 163. The summed E-state index contributed by atoms with van der Waals surface area (Å²) in [5.41, 5.74) is 0. The summed E-state index contributed by atoms with van der Waals surface area (Å²) in [4.78, 5) is 23.5. The number of rotatable bonds is 3. The third kappa shape index (κ3) is 2.70. The summed E-state index contributed by atoms with van der Waals surface area (Å²) in [6.07, 6.45) is 0.590. The van der Waals surface area contributed by atoms with Crippen LogP contribution < -0.4 is 0 Å². The number of ketones is 1. The molecule has 3 heteroatoms. The quantitative estimate of drug-likeness (QED) is 0.565. The number of hydrogen-bond acceptors (Lipinski definition) is 2. The molecule has 0 aromatic heterocycles. The standard InChI is InChI=1S/C8H15NO2/c1-5-7(6(2)10)8(11)9(3)4/h7H,5H2,1-4H3. The molecule has 0 aliphatic heterocycles. The predicted molar refractivity (Wildman–Crippen MR) is 43.2 cm³/mol. The van der Waals surface area contributed by atoms with Crippen molar-refractivity contribution in [2.75, 3.05) is 14.1 Å². The molecule has 0 fully saturated rings. The van der Waals surface area contributed by atoms with E-state index in [9.17, 15) is 9.59 Å². The second kappa shape index (κ2) is 4.11. The Morgan fingerprint density at radius 1 is 1.36 bits per heavy atom. The summed E-state index contributed by atoms with van der Waals surface area (Å²) in [7, 11) is 3.32. The molecular formula is C8H15NO2. The summed E-state index contributed by atoms with van der Waals surface area (Å²) in [6.45, 7) is 3.29. The highest BCUT2D eigenvalue weighted by atomic mass is 16.2. The number of hydrogen-bond donors (Lipinski definition) is 0. The SMILES string of the molecule is CCC(C(C)=O)C(=O)N(C)C. The Hall–Kier alpha value is -0.860. The van der Waals surface area contributed by atoms with Gasteiger partial charge in [-0.2, -0.15) is 0 Å². The van der Waals surface area contributed by atoms with Gasteiger partial charge < -0.3 is 4.90 Å². The first-order valence-electron chi connectivity index (χ1n) is 3.72. The number of Topliss-reactive ketones (excluding diaryl/α,β-unsaturated/α-hetero) is 1. The Labute approximate surface area is 67.4 Å². The first-order chi connectivity index (χ1) is 5.00. The smallest absolute Gasteiger partial charge is 0.232 e. The minimum Gasteiger partial charge on any atom is -0.348 e. The predicted octanol–water partition coefficient (Wildman–Crippen LogP) is 0.690. The van der Waals surface area contributed by atoms with Gasteiger partial charge in [-0.1, -0.05) is 6.92 Å². The van der Waals surface area contributed by atoms with E-state index in [-0.39, 0.29) is 11.7 Å². The first kappa shape index (κ1) is 10.1. The van der Waals surface area contributed by atoms with Gasteiger partial charge in [0.1, 0.15) is 5.78 Å². The molecule has 1 amide bonds. The number of amides is 1. The van der Waals surface area contributed by atoms with Gasteiger partial charge in [-0.15, -0.1) is 0 Å². The van der Waals surface area contributed by atoms with Gasteiger partial charge in [0.15, 0.2) is 0 Å². The van der Waals surface area contributed by atoms with E-state index in [2.05, 4.69) is 0 Å². The molecule has 1 unspecified atom stereocenters. The molecule has 0 aromatic rings. The summed E-state index contributed by atoms with van der Waals surface area (Å²) in [5, 5.41) is 0. The molecule has 0 saturated carbocycles. The van der Waals surface area contributed by atoms with Gasteiger partial charge in [0, 0.05) is 14.1 Å². The zero-order valence-corrected chi connectivity index (χ0v) is 7.55. The molecule has 0 heterocycles. The second-order valence-corrected chi connectivity index (χ2v) is 2.80. The second-order valence-electron chi connectivity index (χ2n) is 2.80. The van der Waals surface area contributed by atoms with E-state index >= 15 is 0 Å². The summed E-state index contributed by atoms with van der Waals surface area (Å²) >= 11 is 0. The largest absolute Gasteiger partial charge is 0.348 e. The van der Waals surface area contributed by atoms with E-state index in [1.165, 1.54) is 11.8 Å². The molecule has 11 heavy (non-hydrogen) atoms. The Kier molecular flexibility index (Phi) is 3.79.